The minimum atomic E-state index is -1.50. The second-order valence-electron chi connectivity index (χ2n) is 4.48. The van der Waals surface area contributed by atoms with Gasteiger partial charge in [-0.25, -0.2) is 4.79 Å². The Morgan fingerprint density at radius 2 is 1.85 bits per heavy atom. The molecule has 0 aromatic carbocycles. The molecule has 0 amide bonds. The van der Waals surface area contributed by atoms with Gasteiger partial charge < -0.3 is 34.6 Å². The van der Waals surface area contributed by atoms with E-state index in [0.29, 0.717) is 0 Å². The SMILES string of the molecule is C=C(C)C(=O)OCCOC1OC(CO)C(O)C(O)C1O. The van der Waals surface area contributed by atoms with Gasteiger partial charge in [0, 0.05) is 5.57 Å². The molecule has 0 bridgehead atoms. The van der Waals surface area contributed by atoms with Gasteiger partial charge in [-0.3, -0.25) is 0 Å². The third-order valence-corrected chi connectivity index (χ3v) is 2.80. The molecule has 0 aromatic heterocycles. The lowest BCUT2D eigenvalue weighted by molar-refractivity contribution is -0.302. The van der Waals surface area contributed by atoms with E-state index in [0.717, 1.165) is 0 Å². The van der Waals surface area contributed by atoms with Crippen LogP contribution in [0, 0.1) is 0 Å². The Morgan fingerprint density at radius 3 is 2.40 bits per heavy atom. The maximum Gasteiger partial charge on any atom is 0.333 e. The highest BCUT2D eigenvalue weighted by Crippen LogP contribution is 2.21. The fraction of sp³-hybridized carbons (Fsp3) is 0.750. The first-order valence-electron chi connectivity index (χ1n) is 6.13. The van der Waals surface area contributed by atoms with Gasteiger partial charge in [-0.05, 0) is 6.92 Å². The van der Waals surface area contributed by atoms with Crippen molar-refractivity contribution >= 4 is 5.97 Å². The maximum absolute atomic E-state index is 11.1. The molecule has 4 N–H and O–H groups in total. The van der Waals surface area contributed by atoms with Crippen molar-refractivity contribution in [2.24, 2.45) is 0 Å². The summed E-state index contributed by atoms with van der Waals surface area (Å²) < 4.78 is 15.0. The Morgan fingerprint density at radius 1 is 1.20 bits per heavy atom. The molecule has 116 valence electrons. The lowest BCUT2D eigenvalue weighted by atomic mass is 9.99. The van der Waals surface area contributed by atoms with E-state index in [1.807, 2.05) is 0 Å². The fourth-order valence-electron chi connectivity index (χ4n) is 1.63. The van der Waals surface area contributed by atoms with Crippen LogP contribution < -0.4 is 0 Å². The van der Waals surface area contributed by atoms with Gasteiger partial charge in [0.15, 0.2) is 6.29 Å². The van der Waals surface area contributed by atoms with E-state index in [9.17, 15) is 20.1 Å². The Labute approximate surface area is 116 Å². The number of carbonyl (C=O) groups excluding carboxylic acids is 1. The summed E-state index contributed by atoms with van der Waals surface area (Å²) in [6.45, 7) is 4.21. The number of hydrogen-bond acceptors (Lipinski definition) is 8. The Bertz CT molecular complexity index is 342. The van der Waals surface area contributed by atoms with Gasteiger partial charge >= 0.3 is 5.97 Å². The zero-order valence-electron chi connectivity index (χ0n) is 11.1. The van der Waals surface area contributed by atoms with Gasteiger partial charge in [-0.15, -0.1) is 0 Å². The molecule has 20 heavy (non-hydrogen) atoms. The van der Waals surface area contributed by atoms with Gasteiger partial charge in [0.2, 0.25) is 0 Å². The van der Waals surface area contributed by atoms with Crippen LogP contribution in [0.2, 0.25) is 0 Å². The first-order valence-corrected chi connectivity index (χ1v) is 6.13. The van der Waals surface area contributed by atoms with Crippen LogP contribution >= 0.6 is 0 Å². The summed E-state index contributed by atoms with van der Waals surface area (Å²) in [5.41, 5.74) is 0.248. The van der Waals surface area contributed by atoms with Gasteiger partial charge in [0.1, 0.15) is 31.0 Å². The van der Waals surface area contributed by atoms with Crippen LogP contribution in [-0.2, 0) is 19.0 Å². The predicted molar refractivity (Wildman–Crippen MR) is 65.5 cm³/mol. The van der Waals surface area contributed by atoms with Gasteiger partial charge in [0.25, 0.3) is 0 Å². The summed E-state index contributed by atoms with van der Waals surface area (Å²) in [4.78, 5) is 11.1. The maximum atomic E-state index is 11.1. The summed E-state index contributed by atoms with van der Waals surface area (Å²) in [7, 11) is 0. The zero-order chi connectivity index (χ0) is 15.3. The second kappa shape index (κ2) is 7.67. The van der Waals surface area contributed by atoms with E-state index in [4.69, 9.17) is 19.3 Å². The quantitative estimate of drug-likeness (QED) is 0.250. The number of carbonyl (C=O) groups is 1. The Hall–Kier alpha value is -1.03. The van der Waals surface area contributed by atoms with Gasteiger partial charge in [-0.2, -0.15) is 0 Å². The van der Waals surface area contributed by atoms with E-state index in [1.165, 1.54) is 6.92 Å². The lowest BCUT2D eigenvalue weighted by Crippen LogP contribution is -2.59. The Balaban J connectivity index is 2.39. The highest BCUT2D eigenvalue weighted by atomic mass is 16.7. The fourth-order valence-corrected chi connectivity index (χ4v) is 1.63. The molecule has 8 heteroatoms. The van der Waals surface area contributed by atoms with Crippen molar-refractivity contribution in [2.75, 3.05) is 19.8 Å². The zero-order valence-corrected chi connectivity index (χ0v) is 11.1. The van der Waals surface area contributed by atoms with Crippen molar-refractivity contribution in [3.05, 3.63) is 12.2 Å². The van der Waals surface area contributed by atoms with Gasteiger partial charge in [-0.1, -0.05) is 6.58 Å². The summed E-state index contributed by atoms with van der Waals surface area (Å²) in [5.74, 6) is -0.567. The number of aliphatic hydroxyl groups excluding tert-OH is 4. The van der Waals surface area contributed by atoms with Crippen LogP contribution in [0.1, 0.15) is 6.92 Å². The highest BCUT2D eigenvalue weighted by molar-refractivity contribution is 5.86. The molecule has 1 fully saturated rings. The van der Waals surface area contributed by atoms with E-state index in [1.54, 1.807) is 0 Å². The summed E-state index contributed by atoms with van der Waals surface area (Å²) in [6.07, 6.45) is -6.66. The van der Waals surface area contributed by atoms with Crippen molar-refractivity contribution in [3.8, 4) is 0 Å². The summed E-state index contributed by atoms with van der Waals surface area (Å²) in [6, 6.07) is 0. The van der Waals surface area contributed by atoms with E-state index in [-0.39, 0.29) is 18.8 Å². The van der Waals surface area contributed by atoms with E-state index in [2.05, 4.69) is 6.58 Å². The van der Waals surface area contributed by atoms with Crippen molar-refractivity contribution < 1.29 is 39.4 Å². The van der Waals surface area contributed by atoms with Crippen LogP contribution in [0.4, 0.5) is 0 Å². The molecule has 1 saturated heterocycles. The molecular weight excluding hydrogens is 272 g/mol. The molecule has 0 aliphatic carbocycles. The molecule has 1 heterocycles. The minimum absolute atomic E-state index is 0.0816. The molecular formula is C12H20O8. The Kier molecular flexibility index (Phi) is 6.53. The largest absolute Gasteiger partial charge is 0.460 e. The lowest BCUT2D eigenvalue weighted by Gasteiger charge is -2.39. The third kappa shape index (κ3) is 4.23. The number of aliphatic hydroxyl groups is 4. The smallest absolute Gasteiger partial charge is 0.333 e. The molecule has 8 nitrogen and oxygen atoms in total. The van der Waals surface area contributed by atoms with Crippen LogP contribution in [0.25, 0.3) is 0 Å². The average Bonchev–Trinajstić information content (AvgIpc) is 2.42. The number of esters is 1. The normalized spacial score (nSPS) is 33.8. The number of hydrogen-bond donors (Lipinski definition) is 4. The van der Waals surface area contributed by atoms with Crippen LogP contribution in [0.5, 0.6) is 0 Å². The molecule has 1 aliphatic heterocycles. The molecule has 0 saturated carbocycles. The van der Waals surface area contributed by atoms with Gasteiger partial charge in [0.05, 0.1) is 13.2 Å². The topological polar surface area (TPSA) is 126 Å². The standard InChI is InChI=1S/C12H20O8/c1-6(2)11(17)18-3-4-19-12-10(16)9(15)8(14)7(5-13)20-12/h7-10,12-16H,1,3-5H2,2H3. The van der Waals surface area contributed by atoms with Crippen molar-refractivity contribution in [1.82, 2.24) is 0 Å². The molecule has 0 aromatic rings. The van der Waals surface area contributed by atoms with Crippen LogP contribution in [-0.4, -0.2) is 76.9 Å². The van der Waals surface area contributed by atoms with Crippen LogP contribution in [0.3, 0.4) is 0 Å². The summed E-state index contributed by atoms with van der Waals surface area (Å²) in [5, 5.41) is 37.7. The predicted octanol–water partition coefficient (Wildman–Crippen LogP) is -2.08. The molecule has 1 aliphatic rings. The average molecular weight is 292 g/mol. The van der Waals surface area contributed by atoms with Crippen molar-refractivity contribution in [3.63, 3.8) is 0 Å². The number of rotatable bonds is 6. The minimum Gasteiger partial charge on any atom is -0.460 e. The highest BCUT2D eigenvalue weighted by Gasteiger charge is 2.43. The van der Waals surface area contributed by atoms with E-state index >= 15 is 0 Å². The first kappa shape index (κ1) is 17.0. The van der Waals surface area contributed by atoms with Crippen molar-refractivity contribution in [2.45, 2.75) is 37.6 Å². The molecule has 5 atom stereocenters. The van der Waals surface area contributed by atoms with Crippen molar-refractivity contribution in [1.29, 1.82) is 0 Å². The monoisotopic (exact) mass is 292 g/mol. The molecule has 0 spiro atoms. The second-order valence-corrected chi connectivity index (χ2v) is 4.48. The first-order chi connectivity index (χ1) is 9.38. The third-order valence-electron chi connectivity index (χ3n) is 2.80. The molecule has 1 rings (SSSR count). The van der Waals surface area contributed by atoms with E-state index < -0.39 is 43.3 Å². The molecule has 5 unspecified atom stereocenters. The number of ether oxygens (including phenoxy) is 3. The van der Waals surface area contributed by atoms with Crippen LogP contribution in [0.15, 0.2) is 12.2 Å². The molecule has 0 radical (unpaired) electrons. The summed E-state index contributed by atoms with van der Waals surface area (Å²) >= 11 is 0.